The highest BCUT2D eigenvalue weighted by atomic mass is 15.2. The van der Waals surface area contributed by atoms with Crippen LogP contribution in [0.25, 0.3) is 0 Å². The molecule has 1 aliphatic heterocycles. The molecule has 0 unspecified atom stereocenters. The van der Waals surface area contributed by atoms with Crippen molar-refractivity contribution in [2.75, 3.05) is 26.2 Å². The average Bonchev–Trinajstić information content (AvgIpc) is 2.50. The lowest BCUT2D eigenvalue weighted by molar-refractivity contribution is 0.223. The fourth-order valence-electron chi connectivity index (χ4n) is 3.12. The number of rotatable bonds is 2. The van der Waals surface area contributed by atoms with Gasteiger partial charge in [-0.3, -0.25) is 4.90 Å². The Labute approximate surface area is 93.7 Å². The van der Waals surface area contributed by atoms with Gasteiger partial charge < -0.3 is 5.32 Å². The van der Waals surface area contributed by atoms with E-state index in [1.807, 2.05) is 0 Å². The molecule has 2 aliphatic rings. The van der Waals surface area contributed by atoms with Crippen LogP contribution in [0, 0.1) is 0 Å². The van der Waals surface area contributed by atoms with Crippen molar-refractivity contribution in [3.8, 4) is 0 Å². The first kappa shape index (κ1) is 11.2. The molecule has 86 valence electrons. The van der Waals surface area contributed by atoms with Crippen molar-refractivity contribution in [2.45, 2.75) is 44.6 Å². The SMILES string of the molecule is C=C(C)CN1CCCNC2(CCCC2)C1. The minimum absolute atomic E-state index is 0.450. The van der Waals surface area contributed by atoms with Gasteiger partial charge in [-0.2, -0.15) is 0 Å². The third kappa shape index (κ3) is 2.82. The van der Waals surface area contributed by atoms with Gasteiger partial charge in [-0.15, -0.1) is 0 Å². The molecule has 2 rings (SSSR count). The summed E-state index contributed by atoms with van der Waals surface area (Å²) in [7, 11) is 0. The Morgan fingerprint density at radius 3 is 2.73 bits per heavy atom. The zero-order chi connectivity index (χ0) is 10.7. The normalized spacial score (nSPS) is 26.7. The van der Waals surface area contributed by atoms with Crippen LogP contribution >= 0.6 is 0 Å². The zero-order valence-corrected chi connectivity index (χ0v) is 10.0. The van der Waals surface area contributed by atoms with Gasteiger partial charge in [-0.1, -0.05) is 25.0 Å². The molecular weight excluding hydrogens is 184 g/mol. The number of nitrogens with one attached hydrogen (secondary N) is 1. The van der Waals surface area contributed by atoms with Gasteiger partial charge in [-0.25, -0.2) is 0 Å². The topological polar surface area (TPSA) is 15.3 Å². The summed E-state index contributed by atoms with van der Waals surface area (Å²) in [5.74, 6) is 0. The van der Waals surface area contributed by atoms with E-state index in [0.717, 1.165) is 6.54 Å². The van der Waals surface area contributed by atoms with E-state index in [-0.39, 0.29) is 0 Å². The van der Waals surface area contributed by atoms with Gasteiger partial charge in [0, 0.05) is 18.6 Å². The molecule has 1 saturated carbocycles. The molecule has 1 saturated heterocycles. The van der Waals surface area contributed by atoms with Crippen molar-refractivity contribution in [1.29, 1.82) is 0 Å². The lowest BCUT2D eigenvalue weighted by atomic mass is 9.97. The van der Waals surface area contributed by atoms with Gasteiger partial charge in [0.05, 0.1) is 0 Å². The molecule has 2 nitrogen and oxygen atoms in total. The lowest BCUT2D eigenvalue weighted by Crippen LogP contribution is -2.49. The van der Waals surface area contributed by atoms with Crippen molar-refractivity contribution in [3.63, 3.8) is 0 Å². The first-order valence-corrected chi connectivity index (χ1v) is 6.32. The molecule has 0 aromatic heterocycles. The minimum Gasteiger partial charge on any atom is -0.310 e. The molecule has 1 spiro atoms. The van der Waals surface area contributed by atoms with Crippen molar-refractivity contribution in [2.24, 2.45) is 0 Å². The zero-order valence-electron chi connectivity index (χ0n) is 10.0. The van der Waals surface area contributed by atoms with E-state index in [4.69, 9.17) is 0 Å². The predicted octanol–water partition coefficient (Wildman–Crippen LogP) is 2.17. The van der Waals surface area contributed by atoms with Crippen molar-refractivity contribution < 1.29 is 0 Å². The summed E-state index contributed by atoms with van der Waals surface area (Å²) in [6.45, 7) is 10.9. The maximum Gasteiger partial charge on any atom is 0.0308 e. The van der Waals surface area contributed by atoms with E-state index in [0.29, 0.717) is 5.54 Å². The van der Waals surface area contributed by atoms with Gasteiger partial charge in [-0.05, 0) is 39.3 Å². The molecule has 0 bridgehead atoms. The highest BCUT2D eigenvalue weighted by Crippen LogP contribution is 2.31. The fraction of sp³-hybridized carbons (Fsp3) is 0.846. The summed E-state index contributed by atoms with van der Waals surface area (Å²) in [6, 6.07) is 0. The lowest BCUT2D eigenvalue weighted by Gasteiger charge is -2.33. The van der Waals surface area contributed by atoms with Crippen molar-refractivity contribution >= 4 is 0 Å². The molecule has 1 aliphatic carbocycles. The second-order valence-electron chi connectivity index (χ2n) is 5.44. The van der Waals surface area contributed by atoms with Crippen LogP contribution in [0.3, 0.4) is 0 Å². The van der Waals surface area contributed by atoms with E-state index in [9.17, 15) is 0 Å². The molecule has 1 N–H and O–H groups in total. The van der Waals surface area contributed by atoms with E-state index >= 15 is 0 Å². The van der Waals surface area contributed by atoms with Crippen molar-refractivity contribution in [3.05, 3.63) is 12.2 Å². The molecule has 0 aromatic carbocycles. The average molecular weight is 208 g/mol. The third-order valence-corrected chi connectivity index (χ3v) is 3.73. The summed E-state index contributed by atoms with van der Waals surface area (Å²) >= 11 is 0. The second-order valence-corrected chi connectivity index (χ2v) is 5.44. The van der Waals surface area contributed by atoms with E-state index in [1.165, 1.54) is 57.3 Å². The van der Waals surface area contributed by atoms with E-state index < -0.39 is 0 Å². The van der Waals surface area contributed by atoms with Crippen LogP contribution in [0.5, 0.6) is 0 Å². The molecule has 0 atom stereocenters. The summed E-state index contributed by atoms with van der Waals surface area (Å²) < 4.78 is 0. The molecule has 2 fully saturated rings. The molecule has 2 heteroatoms. The van der Waals surface area contributed by atoms with Crippen LogP contribution in [-0.4, -0.2) is 36.6 Å². The maximum absolute atomic E-state index is 4.03. The van der Waals surface area contributed by atoms with Gasteiger partial charge in [0.25, 0.3) is 0 Å². The Hall–Kier alpha value is -0.340. The Bertz CT molecular complexity index is 229. The summed E-state index contributed by atoms with van der Waals surface area (Å²) in [5.41, 5.74) is 1.75. The molecule has 15 heavy (non-hydrogen) atoms. The largest absolute Gasteiger partial charge is 0.310 e. The summed E-state index contributed by atoms with van der Waals surface area (Å²) in [6.07, 6.45) is 6.86. The van der Waals surface area contributed by atoms with Crippen LogP contribution in [0.15, 0.2) is 12.2 Å². The smallest absolute Gasteiger partial charge is 0.0308 e. The van der Waals surface area contributed by atoms with Crippen LogP contribution < -0.4 is 5.32 Å². The van der Waals surface area contributed by atoms with E-state index in [1.54, 1.807) is 0 Å². The van der Waals surface area contributed by atoms with Crippen LogP contribution in [0.1, 0.15) is 39.0 Å². The third-order valence-electron chi connectivity index (χ3n) is 3.73. The van der Waals surface area contributed by atoms with Crippen LogP contribution in [0.4, 0.5) is 0 Å². The molecule has 0 amide bonds. The Kier molecular flexibility index (Phi) is 3.47. The molecule has 0 aromatic rings. The highest BCUT2D eigenvalue weighted by molar-refractivity contribution is 5.00. The second kappa shape index (κ2) is 4.67. The predicted molar refractivity (Wildman–Crippen MR) is 65.1 cm³/mol. The van der Waals surface area contributed by atoms with Gasteiger partial charge in [0.15, 0.2) is 0 Å². The van der Waals surface area contributed by atoms with Crippen molar-refractivity contribution in [1.82, 2.24) is 10.2 Å². The minimum atomic E-state index is 0.450. The quantitative estimate of drug-likeness (QED) is 0.700. The highest BCUT2D eigenvalue weighted by Gasteiger charge is 2.36. The Morgan fingerprint density at radius 2 is 2.07 bits per heavy atom. The molecule has 0 radical (unpaired) electrons. The van der Waals surface area contributed by atoms with Gasteiger partial charge >= 0.3 is 0 Å². The van der Waals surface area contributed by atoms with Crippen LogP contribution in [0.2, 0.25) is 0 Å². The van der Waals surface area contributed by atoms with Crippen LogP contribution in [-0.2, 0) is 0 Å². The summed E-state index contributed by atoms with van der Waals surface area (Å²) in [5, 5.41) is 3.79. The first-order valence-electron chi connectivity index (χ1n) is 6.32. The van der Waals surface area contributed by atoms with Gasteiger partial charge in [0.2, 0.25) is 0 Å². The standard InChI is InChI=1S/C13H24N2/c1-12(2)10-15-9-5-8-14-13(11-15)6-3-4-7-13/h14H,1,3-11H2,2H3. The first-order chi connectivity index (χ1) is 7.20. The Morgan fingerprint density at radius 1 is 1.33 bits per heavy atom. The summed E-state index contributed by atoms with van der Waals surface area (Å²) in [4.78, 5) is 2.59. The number of hydrogen-bond acceptors (Lipinski definition) is 2. The fourth-order valence-corrected chi connectivity index (χ4v) is 3.12. The monoisotopic (exact) mass is 208 g/mol. The van der Waals surface area contributed by atoms with E-state index in [2.05, 4.69) is 23.7 Å². The van der Waals surface area contributed by atoms with Gasteiger partial charge in [0.1, 0.15) is 0 Å². The Balaban J connectivity index is 1.98. The molecular formula is C13H24N2. The maximum atomic E-state index is 4.03. The number of nitrogens with zero attached hydrogens (tertiary/aromatic N) is 1. The molecule has 1 heterocycles. The number of hydrogen-bond donors (Lipinski definition) is 1.